The van der Waals surface area contributed by atoms with Crippen molar-refractivity contribution in [3.63, 3.8) is 0 Å². The Morgan fingerprint density at radius 2 is 1.75 bits per heavy atom. The molecule has 0 aromatic rings. The zero-order valence-corrected chi connectivity index (χ0v) is 6.95. The van der Waals surface area contributed by atoms with Crippen molar-refractivity contribution in [1.82, 2.24) is 0 Å². The molecule has 2 rings (SSSR count). The lowest BCUT2D eigenvalue weighted by Gasteiger charge is -2.23. The number of carbonyl (C=O) groups is 2. The van der Waals surface area contributed by atoms with Gasteiger partial charge in [0.05, 0.1) is 0 Å². The molecule has 0 heterocycles. The average Bonchev–Trinajstić information content (AvgIpc) is 2.30. The van der Waals surface area contributed by atoms with Crippen LogP contribution in [0.15, 0.2) is 0 Å². The molecule has 2 unspecified atom stereocenters. The lowest BCUT2D eigenvalue weighted by atomic mass is 9.80. The zero-order valence-electron chi connectivity index (χ0n) is 6.95. The van der Waals surface area contributed by atoms with Gasteiger partial charge in [-0.15, -0.1) is 0 Å². The summed E-state index contributed by atoms with van der Waals surface area (Å²) in [6.07, 6.45) is 3.38. The third-order valence-corrected chi connectivity index (χ3v) is 3.21. The smallest absolute Gasteiger partial charge is 0.220 e. The van der Waals surface area contributed by atoms with Crippen molar-refractivity contribution in [3.8, 4) is 0 Å². The minimum atomic E-state index is -0.223. The van der Waals surface area contributed by atoms with Crippen molar-refractivity contribution in [2.45, 2.75) is 25.7 Å². The molecule has 1 amide bonds. The summed E-state index contributed by atoms with van der Waals surface area (Å²) in [4.78, 5) is 22.3. The van der Waals surface area contributed by atoms with Gasteiger partial charge >= 0.3 is 0 Å². The lowest BCUT2D eigenvalue weighted by molar-refractivity contribution is -0.130. The molecular formula is C9H13NO2. The average molecular weight is 167 g/mol. The van der Waals surface area contributed by atoms with Crippen molar-refractivity contribution < 1.29 is 9.59 Å². The Balaban J connectivity index is 2.12. The van der Waals surface area contributed by atoms with E-state index in [0.29, 0.717) is 18.6 Å². The van der Waals surface area contributed by atoms with Gasteiger partial charge < -0.3 is 5.73 Å². The third-order valence-electron chi connectivity index (χ3n) is 3.21. The summed E-state index contributed by atoms with van der Waals surface area (Å²) in [7, 11) is 0. The number of hydrogen-bond donors (Lipinski definition) is 1. The fourth-order valence-electron chi connectivity index (χ4n) is 2.50. The number of carbonyl (C=O) groups excluding carboxylic acids is 2. The molecule has 3 nitrogen and oxygen atoms in total. The molecule has 0 spiro atoms. The summed E-state index contributed by atoms with van der Waals surface area (Å²) < 4.78 is 0. The Kier molecular flexibility index (Phi) is 1.67. The Labute approximate surface area is 71.3 Å². The second kappa shape index (κ2) is 2.57. The Bertz CT molecular complexity index is 221. The quantitative estimate of drug-likeness (QED) is 0.617. The maximum atomic E-state index is 11.4. The lowest BCUT2D eigenvalue weighted by Crippen LogP contribution is -2.33. The van der Waals surface area contributed by atoms with Crippen molar-refractivity contribution in [3.05, 3.63) is 0 Å². The molecule has 0 aliphatic heterocycles. The van der Waals surface area contributed by atoms with E-state index >= 15 is 0 Å². The molecule has 2 aliphatic rings. The third kappa shape index (κ3) is 1.04. The molecule has 2 atom stereocenters. The fraction of sp³-hybridized carbons (Fsp3) is 0.778. The number of ketones is 1. The Morgan fingerprint density at radius 3 is 2.17 bits per heavy atom. The highest BCUT2D eigenvalue weighted by atomic mass is 16.1. The number of Topliss-reactive ketones (excluding diaryl/α,β-unsaturated/α-hetero) is 1. The monoisotopic (exact) mass is 167 g/mol. The highest BCUT2D eigenvalue weighted by molar-refractivity contribution is 5.88. The normalized spacial score (nSPS) is 40.0. The SMILES string of the molecule is NC(=O)C1CC2CCC(C1)C2=O. The fourth-order valence-corrected chi connectivity index (χ4v) is 2.50. The van der Waals surface area contributed by atoms with Gasteiger partial charge in [-0.1, -0.05) is 0 Å². The summed E-state index contributed by atoms with van der Waals surface area (Å²) in [5.74, 6) is 0.439. The van der Waals surface area contributed by atoms with Crippen molar-refractivity contribution in [2.24, 2.45) is 23.5 Å². The molecule has 2 aliphatic carbocycles. The number of fused-ring (bicyclic) bond motifs is 2. The Morgan fingerprint density at radius 1 is 1.25 bits per heavy atom. The van der Waals surface area contributed by atoms with Crippen LogP contribution in [0.25, 0.3) is 0 Å². The summed E-state index contributed by atoms with van der Waals surface area (Å²) >= 11 is 0. The van der Waals surface area contributed by atoms with E-state index in [0.717, 1.165) is 12.8 Å². The summed E-state index contributed by atoms with van der Waals surface area (Å²) in [5, 5.41) is 0. The first-order valence-corrected chi connectivity index (χ1v) is 4.51. The van der Waals surface area contributed by atoms with Crippen LogP contribution < -0.4 is 5.73 Å². The Hall–Kier alpha value is -0.860. The van der Waals surface area contributed by atoms with Gasteiger partial charge in [0.1, 0.15) is 5.78 Å². The summed E-state index contributed by atoms with van der Waals surface area (Å²) in [5.41, 5.74) is 5.21. The maximum absolute atomic E-state index is 11.4. The summed E-state index contributed by atoms with van der Waals surface area (Å²) in [6.45, 7) is 0. The van der Waals surface area contributed by atoms with E-state index in [9.17, 15) is 9.59 Å². The van der Waals surface area contributed by atoms with E-state index in [-0.39, 0.29) is 23.7 Å². The molecule has 12 heavy (non-hydrogen) atoms. The number of hydrogen-bond acceptors (Lipinski definition) is 2. The van der Waals surface area contributed by atoms with Crippen molar-refractivity contribution >= 4 is 11.7 Å². The second-order valence-electron chi connectivity index (χ2n) is 3.94. The predicted molar refractivity (Wildman–Crippen MR) is 43.1 cm³/mol. The van der Waals surface area contributed by atoms with Crippen LogP contribution in [0.3, 0.4) is 0 Å². The molecule has 0 saturated heterocycles. The zero-order chi connectivity index (χ0) is 8.72. The van der Waals surface area contributed by atoms with Crippen molar-refractivity contribution in [2.75, 3.05) is 0 Å². The highest BCUT2D eigenvalue weighted by Crippen LogP contribution is 2.41. The van der Waals surface area contributed by atoms with Crippen LogP contribution in [-0.4, -0.2) is 11.7 Å². The maximum Gasteiger partial charge on any atom is 0.220 e. The van der Waals surface area contributed by atoms with E-state index < -0.39 is 0 Å². The van der Waals surface area contributed by atoms with Gasteiger partial charge in [0.15, 0.2) is 0 Å². The molecule has 2 fully saturated rings. The first-order chi connectivity index (χ1) is 5.68. The molecule has 0 aromatic heterocycles. The van der Waals surface area contributed by atoms with E-state index in [1.54, 1.807) is 0 Å². The van der Waals surface area contributed by atoms with Gasteiger partial charge in [-0.2, -0.15) is 0 Å². The first kappa shape index (κ1) is 7.77. The number of primary amides is 1. The van der Waals surface area contributed by atoms with Crippen LogP contribution in [-0.2, 0) is 9.59 Å². The van der Waals surface area contributed by atoms with Crippen molar-refractivity contribution in [1.29, 1.82) is 0 Å². The molecule has 2 saturated carbocycles. The standard InChI is InChI=1S/C9H13NO2/c10-9(12)7-3-5-1-2-6(4-7)8(5)11/h5-7H,1-4H2,(H2,10,12). The highest BCUT2D eigenvalue weighted by Gasteiger charge is 2.42. The van der Waals surface area contributed by atoms with E-state index in [2.05, 4.69) is 0 Å². The number of amides is 1. The van der Waals surface area contributed by atoms with E-state index in [4.69, 9.17) is 5.73 Å². The van der Waals surface area contributed by atoms with Crippen LogP contribution in [0.5, 0.6) is 0 Å². The van der Waals surface area contributed by atoms with Gasteiger partial charge in [-0.3, -0.25) is 9.59 Å². The topological polar surface area (TPSA) is 60.2 Å². The summed E-state index contributed by atoms with van der Waals surface area (Å²) in [6, 6.07) is 0. The minimum Gasteiger partial charge on any atom is -0.369 e. The molecule has 3 heteroatoms. The molecule has 2 N–H and O–H groups in total. The van der Waals surface area contributed by atoms with Gasteiger partial charge in [0.2, 0.25) is 5.91 Å². The first-order valence-electron chi connectivity index (χ1n) is 4.51. The van der Waals surface area contributed by atoms with Crippen LogP contribution in [0.1, 0.15) is 25.7 Å². The molecular weight excluding hydrogens is 154 g/mol. The van der Waals surface area contributed by atoms with E-state index in [1.807, 2.05) is 0 Å². The minimum absolute atomic E-state index is 0.0276. The van der Waals surface area contributed by atoms with Crippen LogP contribution in [0, 0.1) is 17.8 Å². The van der Waals surface area contributed by atoms with Gasteiger partial charge in [-0.25, -0.2) is 0 Å². The number of rotatable bonds is 1. The van der Waals surface area contributed by atoms with Gasteiger partial charge in [0.25, 0.3) is 0 Å². The number of nitrogens with two attached hydrogens (primary N) is 1. The molecule has 0 radical (unpaired) electrons. The molecule has 66 valence electrons. The largest absolute Gasteiger partial charge is 0.369 e. The van der Waals surface area contributed by atoms with Crippen LogP contribution >= 0.6 is 0 Å². The van der Waals surface area contributed by atoms with E-state index in [1.165, 1.54) is 0 Å². The van der Waals surface area contributed by atoms with Gasteiger partial charge in [0, 0.05) is 17.8 Å². The predicted octanol–water partition coefficient (Wildman–Crippen LogP) is 0.477. The molecule has 0 aromatic carbocycles. The second-order valence-corrected chi connectivity index (χ2v) is 3.94. The molecule has 2 bridgehead atoms. The van der Waals surface area contributed by atoms with Gasteiger partial charge in [-0.05, 0) is 25.7 Å². The van der Waals surface area contributed by atoms with Crippen LogP contribution in [0.4, 0.5) is 0 Å². The van der Waals surface area contributed by atoms with Crippen LogP contribution in [0.2, 0.25) is 0 Å².